The van der Waals surface area contributed by atoms with E-state index in [0.717, 1.165) is 12.1 Å². The molecule has 2 N–H and O–H groups in total. The Kier molecular flexibility index (Phi) is 4.85. The third-order valence-electron chi connectivity index (χ3n) is 1.66. The molecule has 0 spiro atoms. The summed E-state index contributed by atoms with van der Waals surface area (Å²) in [5.41, 5.74) is 4.51. The minimum absolute atomic E-state index is 0.123. The lowest BCUT2D eigenvalue weighted by Crippen LogP contribution is -2.03. The van der Waals surface area contributed by atoms with E-state index in [9.17, 15) is 13.2 Å². The van der Waals surface area contributed by atoms with Crippen LogP contribution in [0.4, 0.5) is 19.1 Å². The molecular formula is C10H8ClF3N4. The molecule has 0 aliphatic rings. The summed E-state index contributed by atoms with van der Waals surface area (Å²) < 4.78 is 35.4. The lowest BCUT2D eigenvalue weighted by Gasteiger charge is -2.03. The molecule has 1 aromatic carbocycles. The summed E-state index contributed by atoms with van der Waals surface area (Å²) in [4.78, 5) is 10.5. The summed E-state index contributed by atoms with van der Waals surface area (Å²) in [6.07, 6.45) is -2.95. The predicted octanol–water partition coefficient (Wildman–Crippen LogP) is 2.81. The topological polar surface area (TPSA) is 64.7 Å². The molecule has 0 radical (unpaired) electrons. The molecule has 18 heavy (non-hydrogen) atoms. The van der Waals surface area contributed by atoms with Gasteiger partial charge in [0.25, 0.3) is 0 Å². The molecule has 0 atom stereocenters. The van der Waals surface area contributed by atoms with Gasteiger partial charge in [-0.25, -0.2) is 9.97 Å². The first kappa shape index (κ1) is 14.2. The van der Waals surface area contributed by atoms with Crippen molar-refractivity contribution in [2.45, 2.75) is 6.18 Å². The van der Waals surface area contributed by atoms with Gasteiger partial charge in [-0.3, -0.25) is 0 Å². The van der Waals surface area contributed by atoms with Gasteiger partial charge < -0.3 is 5.73 Å². The number of benzene rings is 1. The van der Waals surface area contributed by atoms with Crippen molar-refractivity contribution in [2.75, 3.05) is 5.73 Å². The van der Waals surface area contributed by atoms with E-state index in [-0.39, 0.29) is 11.2 Å². The van der Waals surface area contributed by atoms with E-state index in [1.54, 1.807) is 6.07 Å². The monoisotopic (exact) mass is 276 g/mol. The van der Waals surface area contributed by atoms with Gasteiger partial charge in [-0.2, -0.15) is 18.2 Å². The number of hydrogen-bond donors (Lipinski definition) is 1. The van der Waals surface area contributed by atoms with E-state index in [1.807, 2.05) is 0 Å². The van der Waals surface area contributed by atoms with Crippen molar-refractivity contribution in [3.8, 4) is 0 Å². The number of aromatic nitrogens is 3. The predicted molar refractivity (Wildman–Crippen MR) is 60.7 cm³/mol. The molecule has 0 bridgehead atoms. The Bertz CT molecular complexity index is 473. The zero-order valence-corrected chi connectivity index (χ0v) is 9.65. The Labute approximate surface area is 106 Å². The second-order valence-corrected chi connectivity index (χ2v) is 3.31. The first-order chi connectivity index (χ1) is 8.39. The van der Waals surface area contributed by atoms with Crippen LogP contribution in [0.15, 0.2) is 36.7 Å². The van der Waals surface area contributed by atoms with Gasteiger partial charge >= 0.3 is 6.18 Å². The lowest BCUT2D eigenvalue weighted by molar-refractivity contribution is -0.137. The van der Waals surface area contributed by atoms with Crippen molar-refractivity contribution in [2.24, 2.45) is 0 Å². The second-order valence-electron chi connectivity index (χ2n) is 2.98. The molecule has 1 aromatic heterocycles. The average molecular weight is 277 g/mol. The van der Waals surface area contributed by atoms with Crippen LogP contribution in [-0.4, -0.2) is 15.0 Å². The summed E-state index contributed by atoms with van der Waals surface area (Å²) in [5, 5.41) is 0.123. The summed E-state index contributed by atoms with van der Waals surface area (Å²) in [5.74, 6) is 0.144. The molecule has 0 aliphatic heterocycles. The fourth-order valence-electron chi connectivity index (χ4n) is 0.915. The summed E-state index contributed by atoms with van der Waals surface area (Å²) >= 11 is 5.30. The maximum Gasteiger partial charge on any atom is 0.416 e. The smallest absolute Gasteiger partial charge is 0.368 e. The van der Waals surface area contributed by atoms with Crippen LogP contribution in [0.25, 0.3) is 0 Å². The molecule has 0 amide bonds. The quantitative estimate of drug-likeness (QED) is 0.803. The van der Waals surface area contributed by atoms with Gasteiger partial charge in [0.2, 0.25) is 11.2 Å². The Balaban J connectivity index is 0.000000184. The van der Waals surface area contributed by atoms with Crippen LogP contribution < -0.4 is 5.73 Å². The van der Waals surface area contributed by atoms with Crippen LogP contribution >= 0.6 is 11.6 Å². The van der Waals surface area contributed by atoms with E-state index in [4.69, 9.17) is 17.3 Å². The van der Waals surface area contributed by atoms with Gasteiger partial charge in [0.05, 0.1) is 5.56 Å². The number of alkyl halides is 3. The van der Waals surface area contributed by atoms with E-state index in [0.29, 0.717) is 0 Å². The highest BCUT2D eigenvalue weighted by atomic mass is 35.5. The first-order valence-electron chi connectivity index (χ1n) is 4.62. The van der Waals surface area contributed by atoms with Crippen molar-refractivity contribution >= 4 is 17.5 Å². The Morgan fingerprint density at radius 3 is 2.00 bits per heavy atom. The van der Waals surface area contributed by atoms with Gasteiger partial charge in [-0.15, -0.1) is 0 Å². The van der Waals surface area contributed by atoms with Crippen LogP contribution in [0.1, 0.15) is 5.56 Å². The highest BCUT2D eigenvalue weighted by molar-refractivity contribution is 6.28. The third-order valence-corrected chi connectivity index (χ3v) is 1.84. The number of hydrogen-bond acceptors (Lipinski definition) is 4. The largest absolute Gasteiger partial charge is 0.416 e. The molecule has 0 fully saturated rings. The molecule has 1 heterocycles. The SMILES string of the molecule is FC(F)(F)c1ccccc1.Nc1ncnc(Cl)n1. The van der Waals surface area contributed by atoms with Gasteiger partial charge in [0, 0.05) is 0 Å². The second kappa shape index (κ2) is 6.15. The van der Waals surface area contributed by atoms with Gasteiger partial charge in [0.15, 0.2) is 0 Å². The van der Waals surface area contributed by atoms with Crippen LogP contribution in [0.2, 0.25) is 5.28 Å². The van der Waals surface area contributed by atoms with Crippen LogP contribution in [0.3, 0.4) is 0 Å². The molecular weight excluding hydrogens is 269 g/mol. The summed E-state index contributed by atoms with van der Waals surface area (Å²) in [6, 6.07) is 6.36. The first-order valence-corrected chi connectivity index (χ1v) is 4.99. The minimum Gasteiger partial charge on any atom is -0.368 e. The average Bonchev–Trinajstić information content (AvgIpc) is 2.29. The molecule has 4 nitrogen and oxygen atoms in total. The number of rotatable bonds is 0. The van der Waals surface area contributed by atoms with Crippen LogP contribution in [0, 0.1) is 0 Å². The molecule has 0 unspecified atom stereocenters. The zero-order chi connectivity index (χ0) is 13.6. The van der Waals surface area contributed by atoms with Gasteiger partial charge in [-0.05, 0) is 11.6 Å². The third kappa shape index (κ3) is 4.96. The normalized spacial score (nSPS) is 10.4. The van der Waals surface area contributed by atoms with E-state index >= 15 is 0 Å². The Hall–Kier alpha value is -1.89. The Morgan fingerprint density at radius 1 is 1.06 bits per heavy atom. The van der Waals surface area contributed by atoms with E-state index in [2.05, 4.69) is 15.0 Å². The van der Waals surface area contributed by atoms with Crippen molar-refractivity contribution in [3.63, 3.8) is 0 Å². The van der Waals surface area contributed by atoms with E-state index in [1.165, 1.54) is 18.5 Å². The van der Waals surface area contributed by atoms with Crippen molar-refractivity contribution in [3.05, 3.63) is 47.5 Å². The van der Waals surface area contributed by atoms with Crippen LogP contribution in [0.5, 0.6) is 0 Å². The fraction of sp³-hybridized carbons (Fsp3) is 0.100. The number of nitrogens with zero attached hydrogens (tertiary/aromatic N) is 3. The lowest BCUT2D eigenvalue weighted by atomic mass is 10.2. The molecule has 0 aliphatic carbocycles. The molecule has 96 valence electrons. The molecule has 8 heteroatoms. The summed E-state index contributed by atoms with van der Waals surface area (Å²) in [6.45, 7) is 0. The maximum atomic E-state index is 11.8. The highest BCUT2D eigenvalue weighted by Crippen LogP contribution is 2.28. The van der Waals surface area contributed by atoms with Crippen molar-refractivity contribution < 1.29 is 13.2 Å². The van der Waals surface area contributed by atoms with Crippen LogP contribution in [-0.2, 0) is 6.18 Å². The van der Waals surface area contributed by atoms with Crippen molar-refractivity contribution in [1.82, 2.24) is 15.0 Å². The van der Waals surface area contributed by atoms with E-state index < -0.39 is 11.7 Å². The minimum atomic E-state index is -4.21. The molecule has 0 saturated carbocycles. The molecule has 0 saturated heterocycles. The molecule has 2 aromatic rings. The zero-order valence-electron chi connectivity index (χ0n) is 8.89. The van der Waals surface area contributed by atoms with Crippen molar-refractivity contribution in [1.29, 1.82) is 0 Å². The standard InChI is InChI=1S/C7H5F3.C3H3ClN4/c8-7(9,10)6-4-2-1-3-5-6;4-2-6-1-7-3(5)8-2/h1-5H;1H,(H2,5,6,7,8). The number of halogens is 4. The van der Waals surface area contributed by atoms with Gasteiger partial charge in [0.1, 0.15) is 6.33 Å². The van der Waals surface area contributed by atoms with Gasteiger partial charge in [-0.1, -0.05) is 30.3 Å². The number of nitrogens with two attached hydrogens (primary N) is 1. The Morgan fingerprint density at radius 2 is 1.67 bits per heavy atom. The maximum absolute atomic E-state index is 11.8. The number of nitrogen functional groups attached to an aromatic ring is 1. The summed E-state index contributed by atoms with van der Waals surface area (Å²) in [7, 11) is 0. The molecule has 2 rings (SSSR count). The fourth-order valence-corrected chi connectivity index (χ4v) is 1.05. The highest BCUT2D eigenvalue weighted by Gasteiger charge is 2.29. The number of anilines is 1.